The maximum absolute atomic E-state index is 12.8. The summed E-state index contributed by atoms with van der Waals surface area (Å²) in [4.78, 5) is 12.8. The second-order valence-electron chi connectivity index (χ2n) is 6.98. The van der Waals surface area contributed by atoms with Crippen LogP contribution < -0.4 is 4.74 Å². The number of carbonyl (C=O) groups is 1. The van der Waals surface area contributed by atoms with E-state index in [0.29, 0.717) is 12.5 Å². The van der Waals surface area contributed by atoms with Gasteiger partial charge in [-0.25, -0.2) is 0 Å². The van der Waals surface area contributed by atoms with Gasteiger partial charge in [-0.05, 0) is 32.3 Å². The monoisotopic (exact) mass is 306 g/mol. The predicted molar refractivity (Wildman–Crippen MR) is 90.2 cm³/mol. The molecule has 0 amide bonds. The molecule has 22 heavy (non-hydrogen) atoms. The zero-order valence-electron chi connectivity index (χ0n) is 15.0. The SMILES string of the molecule is CCOC(=O)C(C)(CC(C)C)C(C)(C)c1ccccc1OC. The Morgan fingerprint density at radius 1 is 1.18 bits per heavy atom. The fraction of sp³-hybridized carbons (Fsp3) is 0.632. The summed E-state index contributed by atoms with van der Waals surface area (Å²) >= 11 is 0. The third kappa shape index (κ3) is 3.45. The maximum atomic E-state index is 12.8. The normalized spacial score (nSPS) is 14.5. The van der Waals surface area contributed by atoms with Crippen LogP contribution in [0.15, 0.2) is 24.3 Å². The molecule has 0 aliphatic carbocycles. The van der Waals surface area contributed by atoms with Gasteiger partial charge in [0, 0.05) is 11.0 Å². The number of methoxy groups -OCH3 is 1. The molecule has 0 heterocycles. The van der Waals surface area contributed by atoms with E-state index in [1.165, 1.54) is 0 Å². The Bertz CT molecular complexity index is 505. The minimum Gasteiger partial charge on any atom is -0.496 e. The van der Waals surface area contributed by atoms with E-state index in [0.717, 1.165) is 17.7 Å². The third-order valence-electron chi connectivity index (χ3n) is 4.70. The van der Waals surface area contributed by atoms with Gasteiger partial charge in [0.15, 0.2) is 0 Å². The Labute approximate surface area is 135 Å². The van der Waals surface area contributed by atoms with Crippen LogP contribution >= 0.6 is 0 Å². The zero-order valence-corrected chi connectivity index (χ0v) is 15.0. The van der Waals surface area contributed by atoms with E-state index >= 15 is 0 Å². The number of rotatable bonds is 7. The van der Waals surface area contributed by atoms with Crippen molar-refractivity contribution in [3.63, 3.8) is 0 Å². The molecule has 0 saturated heterocycles. The molecule has 0 spiro atoms. The highest BCUT2D eigenvalue weighted by Crippen LogP contribution is 2.49. The summed E-state index contributed by atoms with van der Waals surface area (Å²) in [5.41, 5.74) is 0.00998. The molecule has 0 aliphatic heterocycles. The summed E-state index contributed by atoms with van der Waals surface area (Å²) in [6.07, 6.45) is 0.761. The van der Waals surface area contributed by atoms with Gasteiger partial charge in [0.25, 0.3) is 0 Å². The van der Waals surface area contributed by atoms with Crippen molar-refractivity contribution in [2.45, 2.75) is 53.4 Å². The lowest BCUT2D eigenvalue weighted by atomic mass is 9.59. The lowest BCUT2D eigenvalue weighted by molar-refractivity contribution is -0.160. The zero-order chi connectivity index (χ0) is 17.0. The standard InChI is InChI=1S/C19H30O3/c1-8-22-17(20)19(6,13-14(2)3)18(4,5)15-11-9-10-12-16(15)21-7/h9-12,14H,8,13H2,1-7H3. The Morgan fingerprint density at radius 3 is 2.27 bits per heavy atom. The van der Waals surface area contributed by atoms with Crippen LogP contribution in [-0.2, 0) is 14.9 Å². The molecule has 0 bridgehead atoms. The van der Waals surface area contributed by atoms with Crippen LogP contribution in [0.3, 0.4) is 0 Å². The molecule has 1 atom stereocenters. The lowest BCUT2D eigenvalue weighted by Gasteiger charge is -2.44. The molecule has 1 rings (SSSR count). The highest BCUT2D eigenvalue weighted by Gasteiger charge is 2.50. The number of hydrogen-bond donors (Lipinski definition) is 0. The number of hydrogen-bond acceptors (Lipinski definition) is 3. The molecule has 3 heteroatoms. The first-order valence-corrected chi connectivity index (χ1v) is 8.01. The highest BCUT2D eigenvalue weighted by molar-refractivity contribution is 5.79. The maximum Gasteiger partial charge on any atom is 0.312 e. The van der Waals surface area contributed by atoms with Crippen LogP contribution in [-0.4, -0.2) is 19.7 Å². The molecular weight excluding hydrogens is 276 g/mol. The molecule has 1 aromatic rings. The van der Waals surface area contributed by atoms with Gasteiger partial charge >= 0.3 is 5.97 Å². The van der Waals surface area contributed by atoms with E-state index in [1.807, 2.05) is 38.1 Å². The number of esters is 1. The Morgan fingerprint density at radius 2 is 1.77 bits per heavy atom. The highest BCUT2D eigenvalue weighted by atomic mass is 16.5. The molecule has 0 radical (unpaired) electrons. The molecule has 1 unspecified atom stereocenters. The topological polar surface area (TPSA) is 35.5 Å². The molecule has 0 fully saturated rings. The first-order valence-electron chi connectivity index (χ1n) is 8.01. The van der Waals surface area contributed by atoms with Crippen LogP contribution in [0.4, 0.5) is 0 Å². The molecule has 1 aromatic carbocycles. The van der Waals surface area contributed by atoms with Gasteiger partial charge in [-0.3, -0.25) is 4.79 Å². The Hall–Kier alpha value is -1.51. The van der Waals surface area contributed by atoms with Crippen LogP contribution in [0, 0.1) is 11.3 Å². The van der Waals surface area contributed by atoms with E-state index in [1.54, 1.807) is 7.11 Å². The van der Waals surface area contributed by atoms with Crippen LogP contribution in [0.1, 0.15) is 53.5 Å². The first kappa shape index (κ1) is 18.5. The van der Waals surface area contributed by atoms with Gasteiger partial charge in [-0.15, -0.1) is 0 Å². The van der Waals surface area contributed by atoms with Crippen molar-refractivity contribution >= 4 is 5.97 Å². The van der Waals surface area contributed by atoms with E-state index in [9.17, 15) is 4.79 Å². The summed E-state index contributed by atoms with van der Waals surface area (Å²) in [6, 6.07) is 7.91. The largest absolute Gasteiger partial charge is 0.496 e. The van der Waals surface area contributed by atoms with E-state index in [4.69, 9.17) is 9.47 Å². The smallest absolute Gasteiger partial charge is 0.312 e. The lowest BCUT2D eigenvalue weighted by Crippen LogP contribution is -2.47. The van der Waals surface area contributed by atoms with E-state index in [-0.39, 0.29) is 5.97 Å². The Kier molecular flexibility index (Phi) is 6.04. The summed E-state index contributed by atoms with van der Waals surface area (Å²) in [7, 11) is 1.67. The average Bonchev–Trinajstić information content (AvgIpc) is 2.46. The third-order valence-corrected chi connectivity index (χ3v) is 4.70. The van der Waals surface area contributed by atoms with Gasteiger partial charge in [0.05, 0.1) is 19.1 Å². The van der Waals surface area contributed by atoms with Crippen molar-refractivity contribution in [1.82, 2.24) is 0 Å². The summed E-state index contributed by atoms with van der Waals surface area (Å²) < 4.78 is 10.9. The van der Waals surface area contributed by atoms with Crippen molar-refractivity contribution in [1.29, 1.82) is 0 Å². The molecule has 0 N–H and O–H groups in total. The number of benzene rings is 1. The quantitative estimate of drug-likeness (QED) is 0.691. The van der Waals surface area contributed by atoms with Gasteiger partial charge in [-0.2, -0.15) is 0 Å². The van der Waals surface area contributed by atoms with Gasteiger partial charge < -0.3 is 9.47 Å². The average molecular weight is 306 g/mol. The van der Waals surface area contributed by atoms with Crippen molar-refractivity contribution in [2.75, 3.05) is 13.7 Å². The molecule has 0 aromatic heterocycles. The van der Waals surface area contributed by atoms with Gasteiger partial charge in [-0.1, -0.05) is 45.9 Å². The summed E-state index contributed by atoms with van der Waals surface area (Å²) in [6.45, 7) is 12.7. The van der Waals surface area contributed by atoms with Gasteiger partial charge in [0.1, 0.15) is 5.75 Å². The molecule has 3 nitrogen and oxygen atoms in total. The summed E-state index contributed by atoms with van der Waals surface area (Å²) in [5, 5.41) is 0. The predicted octanol–water partition coefficient (Wildman–Crippen LogP) is 4.59. The second-order valence-corrected chi connectivity index (χ2v) is 6.98. The molecule has 124 valence electrons. The van der Waals surface area contributed by atoms with E-state index in [2.05, 4.69) is 27.7 Å². The van der Waals surface area contributed by atoms with Crippen LogP contribution in [0.2, 0.25) is 0 Å². The Balaban J connectivity index is 3.41. The van der Waals surface area contributed by atoms with Gasteiger partial charge in [0.2, 0.25) is 0 Å². The van der Waals surface area contributed by atoms with E-state index < -0.39 is 10.8 Å². The van der Waals surface area contributed by atoms with Crippen molar-refractivity contribution < 1.29 is 14.3 Å². The fourth-order valence-corrected chi connectivity index (χ4v) is 3.16. The number of ether oxygens (including phenoxy) is 2. The first-order chi connectivity index (χ1) is 10.2. The van der Waals surface area contributed by atoms with Crippen molar-refractivity contribution in [3.05, 3.63) is 29.8 Å². The second kappa shape index (κ2) is 7.17. The van der Waals surface area contributed by atoms with Crippen LogP contribution in [0.5, 0.6) is 5.75 Å². The number of carbonyl (C=O) groups excluding carboxylic acids is 1. The number of para-hydroxylation sites is 1. The molecule has 0 aliphatic rings. The minimum atomic E-state index is -0.619. The minimum absolute atomic E-state index is 0.139. The van der Waals surface area contributed by atoms with Crippen molar-refractivity contribution in [3.8, 4) is 5.75 Å². The fourth-order valence-electron chi connectivity index (χ4n) is 3.16. The molecular formula is C19H30O3. The molecule has 0 saturated carbocycles. The van der Waals surface area contributed by atoms with Crippen LogP contribution in [0.25, 0.3) is 0 Å². The summed E-state index contributed by atoms with van der Waals surface area (Å²) in [5.74, 6) is 1.06. The van der Waals surface area contributed by atoms with Crippen molar-refractivity contribution in [2.24, 2.45) is 11.3 Å².